The highest BCUT2D eigenvalue weighted by atomic mass is 79.9. The van der Waals surface area contributed by atoms with Crippen molar-refractivity contribution in [3.05, 3.63) is 74.8 Å². The van der Waals surface area contributed by atoms with Crippen LogP contribution in [0.2, 0.25) is 0 Å². The second-order valence-corrected chi connectivity index (χ2v) is 11.0. The second kappa shape index (κ2) is 11.9. The molecule has 1 aromatic heterocycles. The fourth-order valence-electron chi connectivity index (χ4n) is 3.68. The van der Waals surface area contributed by atoms with Crippen LogP contribution >= 0.6 is 15.9 Å². The molecule has 0 aliphatic carbocycles. The van der Waals surface area contributed by atoms with Gasteiger partial charge in [-0.3, -0.25) is 4.79 Å². The van der Waals surface area contributed by atoms with Crippen LogP contribution in [0.15, 0.2) is 57.4 Å². The minimum Gasteiger partial charge on any atom is -0.490 e. The third-order valence-electron chi connectivity index (χ3n) is 5.68. The largest absolute Gasteiger partial charge is 0.490 e. The molecule has 192 valence electrons. The molecule has 1 heterocycles. The van der Waals surface area contributed by atoms with Crippen molar-refractivity contribution in [1.82, 2.24) is 9.66 Å². The molecule has 3 rings (SSSR count). The van der Waals surface area contributed by atoms with Gasteiger partial charge in [-0.25, -0.2) is 4.98 Å². The van der Waals surface area contributed by atoms with Crippen LogP contribution in [0.5, 0.6) is 11.5 Å². The van der Waals surface area contributed by atoms with Gasteiger partial charge in [0.15, 0.2) is 11.5 Å². The van der Waals surface area contributed by atoms with Crippen molar-refractivity contribution in [2.24, 2.45) is 10.5 Å². The van der Waals surface area contributed by atoms with Crippen LogP contribution in [-0.2, 0) is 6.42 Å². The minimum absolute atomic E-state index is 0.000674. The van der Waals surface area contributed by atoms with Gasteiger partial charge in [-0.15, -0.1) is 6.58 Å². The molecule has 2 aromatic carbocycles. The van der Waals surface area contributed by atoms with E-state index in [0.717, 1.165) is 27.8 Å². The van der Waals surface area contributed by atoms with Crippen LogP contribution in [0.4, 0.5) is 0 Å². The van der Waals surface area contributed by atoms with Crippen molar-refractivity contribution >= 4 is 33.0 Å². The zero-order chi connectivity index (χ0) is 26.5. The molecule has 36 heavy (non-hydrogen) atoms. The third-order valence-corrected chi connectivity index (χ3v) is 6.17. The summed E-state index contributed by atoms with van der Waals surface area (Å²) in [5, 5.41) is 5.14. The molecule has 0 saturated heterocycles. The van der Waals surface area contributed by atoms with Gasteiger partial charge in [-0.2, -0.15) is 9.78 Å². The first-order valence-corrected chi connectivity index (χ1v) is 13.2. The average Bonchev–Trinajstić information content (AvgIpc) is 2.82. The molecule has 3 aromatic rings. The molecule has 1 atom stereocenters. The van der Waals surface area contributed by atoms with Gasteiger partial charge >= 0.3 is 0 Å². The third kappa shape index (κ3) is 6.64. The molecule has 0 spiro atoms. The molecule has 0 radical (unpaired) electrons. The zero-order valence-electron chi connectivity index (χ0n) is 22.1. The highest BCUT2D eigenvalue weighted by Gasteiger charge is 2.18. The Hall–Kier alpha value is -2.93. The monoisotopic (exact) mass is 553 g/mol. The van der Waals surface area contributed by atoms with Crippen LogP contribution in [0.25, 0.3) is 10.9 Å². The molecule has 0 amide bonds. The number of allylic oxidation sites excluding steroid dienone is 1. The maximum Gasteiger partial charge on any atom is 0.282 e. The first kappa shape index (κ1) is 27.7. The van der Waals surface area contributed by atoms with Crippen molar-refractivity contribution in [3.63, 3.8) is 0 Å². The van der Waals surface area contributed by atoms with Gasteiger partial charge in [0.25, 0.3) is 5.56 Å². The quantitative estimate of drug-likeness (QED) is 0.198. The van der Waals surface area contributed by atoms with E-state index in [1.807, 2.05) is 37.3 Å². The number of rotatable bonds is 10. The predicted molar refractivity (Wildman–Crippen MR) is 152 cm³/mol. The number of hydrogen-bond acceptors (Lipinski definition) is 5. The SMILES string of the molecule is C=CCc1cc(C=Nn2c([C@H](C)CC)nc3ccc(Br)cc3c2=O)cc(OCC)c1OCC(C)(C)C. The molecule has 0 fully saturated rings. The highest BCUT2D eigenvalue weighted by Crippen LogP contribution is 2.35. The Bertz CT molecular complexity index is 1320. The maximum absolute atomic E-state index is 13.4. The van der Waals surface area contributed by atoms with Crippen molar-refractivity contribution in [1.29, 1.82) is 0 Å². The van der Waals surface area contributed by atoms with E-state index in [1.165, 1.54) is 4.68 Å². The van der Waals surface area contributed by atoms with Crippen LogP contribution < -0.4 is 15.0 Å². The summed E-state index contributed by atoms with van der Waals surface area (Å²) in [6, 6.07) is 9.44. The van der Waals surface area contributed by atoms with Crippen LogP contribution in [0.1, 0.15) is 70.8 Å². The van der Waals surface area contributed by atoms with Crippen molar-refractivity contribution in [2.75, 3.05) is 13.2 Å². The van der Waals surface area contributed by atoms with E-state index >= 15 is 0 Å². The summed E-state index contributed by atoms with van der Waals surface area (Å²) in [7, 11) is 0. The van der Waals surface area contributed by atoms with Gasteiger partial charge in [0.2, 0.25) is 0 Å². The van der Waals surface area contributed by atoms with Gasteiger partial charge in [0, 0.05) is 16.0 Å². The Labute approximate surface area is 222 Å². The summed E-state index contributed by atoms with van der Waals surface area (Å²) < 4.78 is 14.4. The lowest BCUT2D eigenvalue weighted by Crippen LogP contribution is -2.23. The first-order chi connectivity index (χ1) is 17.1. The fourth-order valence-corrected chi connectivity index (χ4v) is 4.05. The average molecular weight is 555 g/mol. The molecule has 0 N–H and O–H groups in total. The van der Waals surface area contributed by atoms with Gasteiger partial charge < -0.3 is 9.47 Å². The van der Waals surface area contributed by atoms with E-state index in [4.69, 9.17) is 14.5 Å². The Balaban J connectivity index is 2.14. The molecule has 0 aliphatic heterocycles. The van der Waals surface area contributed by atoms with Gasteiger partial charge in [-0.05, 0) is 61.1 Å². The number of fused-ring (bicyclic) bond motifs is 1. The van der Waals surface area contributed by atoms with E-state index in [2.05, 4.69) is 62.2 Å². The summed E-state index contributed by atoms with van der Waals surface area (Å²) in [5.74, 6) is 2.07. The fraction of sp³-hybridized carbons (Fsp3) is 0.414. The maximum atomic E-state index is 13.4. The Morgan fingerprint density at radius 2 is 1.94 bits per heavy atom. The topological polar surface area (TPSA) is 65.7 Å². The lowest BCUT2D eigenvalue weighted by molar-refractivity contribution is 0.187. The smallest absolute Gasteiger partial charge is 0.282 e. The molecular weight excluding hydrogens is 518 g/mol. The van der Waals surface area contributed by atoms with Gasteiger partial charge in [0.1, 0.15) is 5.82 Å². The van der Waals surface area contributed by atoms with E-state index in [1.54, 1.807) is 12.3 Å². The molecule has 6 nitrogen and oxygen atoms in total. The molecule has 7 heteroatoms. The first-order valence-electron chi connectivity index (χ1n) is 12.4. The number of halogens is 1. The van der Waals surface area contributed by atoms with Crippen LogP contribution in [0, 0.1) is 5.41 Å². The number of hydrogen-bond donors (Lipinski definition) is 0. The van der Waals surface area contributed by atoms with Crippen molar-refractivity contribution in [3.8, 4) is 11.5 Å². The summed E-state index contributed by atoms with van der Waals surface area (Å²) in [6.07, 6.45) is 4.97. The number of nitrogens with zero attached hydrogens (tertiary/aromatic N) is 3. The van der Waals surface area contributed by atoms with E-state index < -0.39 is 0 Å². The van der Waals surface area contributed by atoms with Gasteiger partial charge in [0.05, 0.1) is 30.3 Å². The summed E-state index contributed by atoms with van der Waals surface area (Å²) >= 11 is 3.46. The van der Waals surface area contributed by atoms with Gasteiger partial charge in [-0.1, -0.05) is 56.6 Å². The number of ether oxygens (including phenoxy) is 2. The standard InChI is InChI=1S/C29H36BrN3O3/c1-8-11-21-14-20(15-25(35-10-3)26(21)36-18-29(5,6)7)17-31-33-27(19(4)9-2)32-24-13-12-22(30)16-23(24)28(33)34/h8,12-17,19H,1,9-11,18H2,2-7H3/t19-/m1/s1. The summed E-state index contributed by atoms with van der Waals surface area (Å²) in [4.78, 5) is 18.2. The van der Waals surface area contributed by atoms with E-state index in [-0.39, 0.29) is 16.9 Å². The van der Waals surface area contributed by atoms with Crippen molar-refractivity contribution in [2.45, 2.75) is 60.3 Å². The number of benzene rings is 2. The van der Waals surface area contributed by atoms with E-state index in [0.29, 0.717) is 42.1 Å². The van der Waals surface area contributed by atoms with Crippen LogP contribution in [-0.4, -0.2) is 29.1 Å². The summed E-state index contributed by atoms with van der Waals surface area (Å²) in [6.45, 7) is 17.4. The summed E-state index contributed by atoms with van der Waals surface area (Å²) in [5.41, 5.74) is 2.22. The Morgan fingerprint density at radius 3 is 2.58 bits per heavy atom. The van der Waals surface area contributed by atoms with E-state index in [9.17, 15) is 4.79 Å². The minimum atomic E-state index is -0.200. The predicted octanol–water partition coefficient (Wildman–Crippen LogP) is 7.11. The molecule has 0 bridgehead atoms. The molecule has 0 unspecified atom stereocenters. The normalized spacial score (nSPS) is 12.8. The Morgan fingerprint density at radius 1 is 1.19 bits per heavy atom. The molecule has 0 aliphatic rings. The number of aromatic nitrogens is 2. The lowest BCUT2D eigenvalue weighted by atomic mass is 9.98. The molecular formula is C29H36BrN3O3. The zero-order valence-corrected chi connectivity index (χ0v) is 23.7. The highest BCUT2D eigenvalue weighted by molar-refractivity contribution is 9.10. The Kier molecular flexibility index (Phi) is 9.12. The molecule has 0 saturated carbocycles. The van der Waals surface area contributed by atoms with Crippen molar-refractivity contribution < 1.29 is 9.47 Å². The van der Waals surface area contributed by atoms with Crippen LogP contribution in [0.3, 0.4) is 0 Å². The lowest BCUT2D eigenvalue weighted by Gasteiger charge is -2.22. The second-order valence-electron chi connectivity index (χ2n) is 10.1.